The van der Waals surface area contributed by atoms with Gasteiger partial charge in [0, 0.05) is 6.42 Å². The summed E-state index contributed by atoms with van der Waals surface area (Å²) in [6, 6.07) is 1.57. The first-order valence-electron chi connectivity index (χ1n) is 3.26. The first kappa shape index (κ1) is 9.54. The van der Waals surface area contributed by atoms with Gasteiger partial charge in [-0.1, -0.05) is 0 Å². The number of alkyl halides is 3. The molecule has 1 unspecified atom stereocenters. The van der Waals surface area contributed by atoms with E-state index in [1.54, 1.807) is 16.8 Å². The first-order valence-corrected chi connectivity index (χ1v) is 4.20. The van der Waals surface area contributed by atoms with E-state index in [9.17, 15) is 13.2 Å². The molecule has 0 aromatic carbocycles. The molecule has 0 aliphatic carbocycles. The molecule has 0 amide bonds. The highest BCUT2D eigenvalue weighted by Crippen LogP contribution is 2.23. The number of thiophene rings is 1. The molecule has 1 aromatic heterocycles. The maximum Gasteiger partial charge on any atom is 0.414 e. The fourth-order valence-electron chi connectivity index (χ4n) is 0.748. The second-order valence-corrected chi connectivity index (χ2v) is 3.17. The Bertz CT molecular complexity index is 229. The first-order chi connectivity index (χ1) is 5.50. The van der Waals surface area contributed by atoms with Crippen molar-refractivity contribution < 1.29 is 18.3 Å². The molecule has 5 heteroatoms. The summed E-state index contributed by atoms with van der Waals surface area (Å²) < 4.78 is 35.4. The molecular formula is C7H7F3OS. The van der Waals surface area contributed by atoms with Gasteiger partial charge >= 0.3 is 6.18 Å². The van der Waals surface area contributed by atoms with E-state index in [1.165, 1.54) is 11.3 Å². The van der Waals surface area contributed by atoms with Crippen LogP contribution < -0.4 is 0 Å². The lowest BCUT2D eigenvalue weighted by molar-refractivity contribution is -0.203. The third-order valence-corrected chi connectivity index (χ3v) is 2.12. The van der Waals surface area contributed by atoms with Crippen molar-refractivity contribution >= 4 is 11.3 Å². The second kappa shape index (κ2) is 3.45. The van der Waals surface area contributed by atoms with Crippen LogP contribution in [0.2, 0.25) is 0 Å². The minimum atomic E-state index is -4.51. The van der Waals surface area contributed by atoms with Gasteiger partial charge in [0.2, 0.25) is 0 Å². The van der Waals surface area contributed by atoms with Crippen LogP contribution in [0.25, 0.3) is 0 Å². The van der Waals surface area contributed by atoms with Gasteiger partial charge in [0.05, 0.1) is 0 Å². The predicted molar refractivity (Wildman–Crippen MR) is 40.1 cm³/mol. The van der Waals surface area contributed by atoms with Crippen LogP contribution >= 0.6 is 11.3 Å². The summed E-state index contributed by atoms with van der Waals surface area (Å²) in [5.41, 5.74) is 0.518. The Morgan fingerprint density at radius 1 is 1.50 bits per heavy atom. The Balaban J connectivity index is 2.53. The fourth-order valence-corrected chi connectivity index (χ4v) is 1.43. The lowest BCUT2D eigenvalue weighted by atomic mass is 10.1. The van der Waals surface area contributed by atoms with E-state index < -0.39 is 12.3 Å². The van der Waals surface area contributed by atoms with Crippen molar-refractivity contribution in [1.82, 2.24) is 0 Å². The van der Waals surface area contributed by atoms with Gasteiger partial charge in [-0.15, -0.1) is 0 Å². The maximum atomic E-state index is 11.8. The average Bonchev–Trinajstić information content (AvgIpc) is 2.37. The van der Waals surface area contributed by atoms with Crippen LogP contribution in [0.1, 0.15) is 5.56 Å². The summed E-state index contributed by atoms with van der Waals surface area (Å²) in [6.07, 6.45) is -7.11. The smallest absolute Gasteiger partial charge is 0.383 e. The molecule has 0 saturated carbocycles. The molecule has 1 atom stereocenters. The Hall–Kier alpha value is -0.550. The van der Waals surface area contributed by atoms with Gasteiger partial charge in [0.25, 0.3) is 0 Å². The van der Waals surface area contributed by atoms with Gasteiger partial charge in [-0.2, -0.15) is 24.5 Å². The van der Waals surface area contributed by atoms with Crippen LogP contribution in [0.3, 0.4) is 0 Å². The normalized spacial score (nSPS) is 14.7. The minimum Gasteiger partial charge on any atom is -0.383 e. The highest BCUT2D eigenvalue weighted by Gasteiger charge is 2.37. The van der Waals surface area contributed by atoms with Crippen molar-refractivity contribution in [3.8, 4) is 0 Å². The van der Waals surface area contributed by atoms with Crippen molar-refractivity contribution in [1.29, 1.82) is 0 Å². The third kappa shape index (κ3) is 2.49. The Morgan fingerprint density at radius 3 is 2.58 bits per heavy atom. The third-order valence-electron chi connectivity index (χ3n) is 1.39. The quantitative estimate of drug-likeness (QED) is 0.768. The van der Waals surface area contributed by atoms with Crippen molar-refractivity contribution in [2.75, 3.05) is 0 Å². The molecule has 1 heterocycles. The molecule has 0 aliphatic heterocycles. The van der Waals surface area contributed by atoms with Crippen LogP contribution in [0.4, 0.5) is 13.2 Å². The Labute approximate surface area is 71.5 Å². The molecule has 1 aromatic rings. The van der Waals surface area contributed by atoms with E-state index in [2.05, 4.69) is 0 Å². The van der Waals surface area contributed by atoms with Gasteiger partial charge < -0.3 is 5.11 Å². The number of aliphatic hydroxyl groups excluding tert-OH is 1. The Kier molecular flexibility index (Phi) is 2.74. The fraction of sp³-hybridized carbons (Fsp3) is 0.429. The second-order valence-electron chi connectivity index (χ2n) is 2.39. The van der Waals surface area contributed by atoms with Crippen molar-refractivity contribution in [3.05, 3.63) is 22.4 Å². The molecule has 0 aliphatic rings. The van der Waals surface area contributed by atoms with Gasteiger partial charge in [-0.3, -0.25) is 0 Å². The molecule has 1 nitrogen and oxygen atoms in total. The molecule has 0 radical (unpaired) electrons. The van der Waals surface area contributed by atoms with E-state index in [1.807, 2.05) is 0 Å². The summed E-state index contributed by atoms with van der Waals surface area (Å²) in [5.74, 6) is 0. The zero-order valence-corrected chi connectivity index (χ0v) is 6.82. The number of hydrogen-bond donors (Lipinski definition) is 1. The van der Waals surface area contributed by atoms with Crippen LogP contribution in [-0.4, -0.2) is 17.4 Å². The largest absolute Gasteiger partial charge is 0.414 e. The Morgan fingerprint density at radius 2 is 2.17 bits per heavy atom. The van der Waals surface area contributed by atoms with Crippen LogP contribution in [0.5, 0.6) is 0 Å². The summed E-state index contributed by atoms with van der Waals surface area (Å²) in [7, 11) is 0. The summed E-state index contributed by atoms with van der Waals surface area (Å²) >= 11 is 1.31. The van der Waals surface area contributed by atoms with E-state index in [-0.39, 0.29) is 6.42 Å². The van der Waals surface area contributed by atoms with Gasteiger partial charge in [0.1, 0.15) is 0 Å². The lowest BCUT2D eigenvalue weighted by Gasteiger charge is -2.12. The number of halogens is 3. The molecular weight excluding hydrogens is 189 g/mol. The van der Waals surface area contributed by atoms with E-state index in [0.29, 0.717) is 5.56 Å². The van der Waals surface area contributed by atoms with Crippen molar-refractivity contribution in [2.45, 2.75) is 18.7 Å². The summed E-state index contributed by atoms with van der Waals surface area (Å²) in [6.45, 7) is 0. The molecule has 68 valence electrons. The summed E-state index contributed by atoms with van der Waals surface area (Å²) in [5, 5.41) is 11.9. The molecule has 0 bridgehead atoms. The highest BCUT2D eigenvalue weighted by atomic mass is 32.1. The molecule has 1 N–H and O–H groups in total. The van der Waals surface area contributed by atoms with E-state index in [4.69, 9.17) is 5.11 Å². The van der Waals surface area contributed by atoms with Crippen molar-refractivity contribution in [2.24, 2.45) is 0 Å². The monoisotopic (exact) mass is 196 g/mol. The predicted octanol–water partition coefficient (Wildman–Crippen LogP) is 2.21. The average molecular weight is 196 g/mol. The number of aliphatic hydroxyl groups is 1. The lowest BCUT2D eigenvalue weighted by Crippen LogP contribution is -2.30. The SMILES string of the molecule is OC(Cc1ccsc1)C(F)(F)F. The van der Waals surface area contributed by atoms with Gasteiger partial charge in [0.15, 0.2) is 6.10 Å². The standard InChI is InChI=1S/C7H7F3OS/c8-7(9,10)6(11)3-5-1-2-12-4-5/h1-2,4,6,11H,3H2. The number of hydrogen-bond acceptors (Lipinski definition) is 2. The van der Waals surface area contributed by atoms with Crippen molar-refractivity contribution in [3.63, 3.8) is 0 Å². The van der Waals surface area contributed by atoms with E-state index >= 15 is 0 Å². The molecule has 1 rings (SSSR count). The zero-order chi connectivity index (χ0) is 9.19. The molecule has 0 spiro atoms. The van der Waals surface area contributed by atoms with Gasteiger partial charge in [-0.05, 0) is 22.4 Å². The zero-order valence-electron chi connectivity index (χ0n) is 6.01. The number of rotatable bonds is 2. The topological polar surface area (TPSA) is 20.2 Å². The van der Waals surface area contributed by atoms with E-state index in [0.717, 1.165) is 0 Å². The van der Waals surface area contributed by atoms with Crippen LogP contribution in [0.15, 0.2) is 16.8 Å². The van der Waals surface area contributed by atoms with Gasteiger partial charge in [-0.25, -0.2) is 0 Å². The van der Waals surface area contributed by atoms with Crippen LogP contribution in [0, 0.1) is 0 Å². The molecule has 12 heavy (non-hydrogen) atoms. The minimum absolute atomic E-state index is 0.354. The van der Waals surface area contributed by atoms with Crippen LogP contribution in [-0.2, 0) is 6.42 Å². The molecule has 0 fully saturated rings. The molecule has 0 saturated heterocycles. The summed E-state index contributed by atoms with van der Waals surface area (Å²) in [4.78, 5) is 0. The highest BCUT2D eigenvalue weighted by molar-refractivity contribution is 7.07. The maximum absolute atomic E-state index is 11.8.